The van der Waals surface area contributed by atoms with Crippen LogP contribution in [0.2, 0.25) is 0 Å². The third kappa shape index (κ3) is 6.61. The van der Waals surface area contributed by atoms with Gasteiger partial charge in [0, 0.05) is 18.4 Å². The molecular formula is C23H25N3O2S. The normalized spacial score (nSPS) is 10.7. The molecule has 1 amide bonds. The van der Waals surface area contributed by atoms with Gasteiger partial charge in [0.15, 0.2) is 5.16 Å². The van der Waals surface area contributed by atoms with Gasteiger partial charge in [0.05, 0.1) is 12.1 Å². The summed E-state index contributed by atoms with van der Waals surface area (Å²) in [5.74, 6) is 0.577. The van der Waals surface area contributed by atoms with E-state index in [0.29, 0.717) is 23.1 Å². The van der Waals surface area contributed by atoms with E-state index in [4.69, 9.17) is 0 Å². The van der Waals surface area contributed by atoms with Crippen LogP contribution in [0.4, 0.5) is 0 Å². The lowest BCUT2D eigenvalue weighted by Crippen LogP contribution is -2.28. The highest BCUT2D eigenvalue weighted by Gasteiger charge is 2.09. The summed E-state index contributed by atoms with van der Waals surface area (Å²) < 4.78 is 0. The maximum atomic E-state index is 12.2. The molecule has 1 heterocycles. The van der Waals surface area contributed by atoms with Crippen molar-refractivity contribution in [2.45, 2.75) is 37.6 Å². The number of hydrogen-bond donors (Lipinski definition) is 2. The lowest BCUT2D eigenvalue weighted by Gasteiger charge is -2.08. The molecule has 0 saturated heterocycles. The molecule has 0 aliphatic carbocycles. The van der Waals surface area contributed by atoms with E-state index in [9.17, 15) is 9.59 Å². The van der Waals surface area contributed by atoms with Gasteiger partial charge >= 0.3 is 0 Å². The Hall–Kier alpha value is -2.86. The van der Waals surface area contributed by atoms with Crippen molar-refractivity contribution >= 4 is 17.7 Å². The summed E-state index contributed by atoms with van der Waals surface area (Å²) in [5, 5.41) is 3.42. The first-order chi connectivity index (χ1) is 14.0. The van der Waals surface area contributed by atoms with Gasteiger partial charge in [-0.05, 0) is 37.0 Å². The number of aromatic nitrogens is 2. The average molecular weight is 408 g/mol. The molecule has 3 rings (SSSR count). The van der Waals surface area contributed by atoms with Gasteiger partial charge in [0.1, 0.15) is 0 Å². The van der Waals surface area contributed by atoms with Gasteiger partial charge in [-0.3, -0.25) is 9.59 Å². The largest absolute Gasteiger partial charge is 0.355 e. The van der Waals surface area contributed by atoms with E-state index in [-0.39, 0.29) is 17.9 Å². The molecule has 0 radical (unpaired) electrons. The van der Waals surface area contributed by atoms with Crippen molar-refractivity contribution in [2.24, 2.45) is 0 Å². The van der Waals surface area contributed by atoms with Crippen LogP contribution in [-0.2, 0) is 23.4 Å². The van der Waals surface area contributed by atoms with Crippen LogP contribution in [0.15, 0.2) is 64.5 Å². The molecule has 1 aromatic heterocycles. The summed E-state index contributed by atoms with van der Waals surface area (Å²) in [6.07, 6.45) is 0.863. The number of nitrogens with one attached hydrogen (secondary N) is 2. The number of carbonyl (C=O) groups excluding carboxylic acids is 1. The van der Waals surface area contributed by atoms with Crippen LogP contribution in [0.25, 0.3) is 0 Å². The Bertz CT molecular complexity index is 1030. The van der Waals surface area contributed by atoms with E-state index in [2.05, 4.69) is 47.3 Å². The second-order valence-electron chi connectivity index (χ2n) is 7.02. The second kappa shape index (κ2) is 10.1. The average Bonchev–Trinajstić information content (AvgIpc) is 2.69. The van der Waals surface area contributed by atoms with Crippen LogP contribution in [0.5, 0.6) is 0 Å². The molecule has 0 aliphatic rings. The first-order valence-electron chi connectivity index (χ1n) is 9.59. The maximum Gasteiger partial charge on any atom is 0.251 e. The number of nitrogens with zero attached hydrogens (tertiary/aromatic N) is 1. The predicted molar refractivity (Wildman–Crippen MR) is 117 cm³/mol. The minimum Gasteiger partial charge on any atom is -0.355 e. The van der Waals surface area contributed by atoms with Crippen molar-refractivity contribution < 1.29 is 4.79 Å². The van der Waals surface area contributed by atoms with Gasteiger partial charge < -0.3 is 10.3 Å². The Kier molecular flexibility index (Phi) is 7.25. The van der Waals surface area contributed by atoms with E-state index in [0.717, 1.165) is 6.42 Å². The summed E-state index contributed by atoms with van der Waals surface area (Å²) in [4.78, 5) is 31.4. The zero-order valence-corrected chi connectivity index (χ0v) is 17.5. The first kappa shape index (κ1) is 20.9. The molecule has 0 unspecified atom stereocenters. The molecule has 6 heteroatoms. The number of carbonyl (C=O) groups is 1. The summed E-state index contributed by atoms with van der Waals surface area (Å²) in [5.41, 5.74) is 5.03. The highest BCUT2D eigenvalue weighted by molar-refractivity contribution is 7.98. The molecule has 2 N–H and O–H groups in total. The smallest absolute Gasteiger partial charge is 0.251 e. The van der Waals surface area contributed by atoms with Crippen LogP contribution in [-0.4, -0.2) is 22.4 Å². The van der Waals surface area contributed by atoms with Crippen molar-refractivity contribution in [1.29, 1.82) is 0 Å². The van der Waals surface area contributed by atoms with E-state index in [1.165, 1.54) is 40.1 Å². The molecule has 0 spiro atoms. The van der Waals surface area contributed by atoms with E-state index < -0.39 is 0 Å². The molecule has 3 aromatic rings. The van der Waals surface area contributed by atoms with Crippen LogP contribution >= 0.6 is 11.8 Å². The van der Waals surface area contributed by atoms with Crippen molar-refractivity contribution in [3.05, 3.63) is 92.9 Å². The zero-order chi connectivity index (χ0) is 20.6. The fraction of sp³-hybridized carbons (Fsp3) is 0.261. The molecule has 5 nitrogen and oxygen atoms in total. The third-order valence-corrected chi connectivity index (χ3v) is 5.48. The molecule has 29 heavy (non-hydrogen) atoms. The van der Waals surface area contributed by atoms with Crippen molar-refractivity contribution in [1.82, 2.24) is 15.3 Å². The lowest BCUT2D eigenvalue weighted by atomic mass is 10.1. The number of aromatic amines is 1. The molecule has 0 fully saturated rings. The molecular weight excluding hydrogens is 382 g/mol. The fourth-order valence-corrected chi connectivity index (χ4v) is 3.92. The van der Waals surface area contributed by atoms with Crippen LogP contribution in [0, 0.1) is 13.8 Å². The molecule has 0 atom stereocenters. The molecule has 0 aliphatic heterocycles. The molecule has 2 aromatic carbocycles. The molecule has 0 saturated carbocycles. The SMILES string of the molecule is Cc1ccc(C)c(CSc2nc(CC(=O)NCCc3ccccc3)cc(=O)[nH]2)c1. The Morgan fingerprint density at radius 1 is 1.10 bits per heavy atom. The predicted octanol–water partition coefficient (Wildman–Crippen LogP) is 3.58. The summed E-state index contributed by atoms with van der Waals surface area (Å²) >= 11 is 1.47. The standard InChI is InChI=1S/C23H25N3O2S/c1-16-8-9-17(2)19(12-16)15-29-23-25-20(14-22(28)26-23)13-21(27)24-11-10-18-6-4-3-5-7-18/h3-9,12,14H,10-11,13,15H2,1-2H3,(H,24,27)(H,25,26,28). The summed E-state index contributed by atoms with van der Waals surface area (Å²) in [7, 11) is 0. The number of hydrogen-bond acceptors (Lipinski definition) is 4. The van der Waals surface area contributed by atoms with E-state index >= 15 is 0 Å². The Balaban J connectivity index is 1.56. The lowest BCUT2D eigenvalue weighted by molar-refractivity contribution is -0.120. The van der Waals surface area contributed by atoms with Crippen molar-refractivity contribution in [3.8, 4) is 0 Å². The topological polar surface area (TPSA) is 74.8 Å². The zero-order valence-electron chi connectivity index (χ0n) is 16.7. The quantitative estimate of drug-likeness (QED) is 0.442. The Morgan fingerprint density at radius 3 is 2.69 bits per heavy atom. The fourth-order valence-electron chi connectivity index (χ4n) is 2.96. The van der Waals surface area contributed by atoms with E-state index in [1.807, 2.05) is 30.3 Å². The Labute approximate surface area is 175 Å². The van der Waals surface area contributed by atoms with Crippen LogP contribution < -0.4 is 10.9 Å². The highest BCUT2D eigenvalue weighted by Crippen LogP contribution is 2.21. The number of H-pyrrole nitrogens is 1. The second-order valence-corrected chi connectivity index (χ2v) is 7.99. The Morgan fingerprint density at radius 2 is 1.90 bits per heavy atom. The number of thioether (sulfide) groups is 1. The van der Waals surface area contributed by atoms with Gasteiger partial charge in [0.2, 0.25) is 5.91 Å². The van der Waals surface area contributed by atoms with Gasteiger partial charge in [-0.15, -0.1) is 0 Å². The summed E-state index contributed by atoms with van der Waals surface area (Å²) in [6.45, 7) is 4.69. The highest BCUT2D eigenvalue weighted by atomic mass is 32.2. The van der Waals surface area contributed by atoms with Crippen LogP contribution in [0.3, 0.4) is 0 Å². The van der Waals surface area contributed by atoms with Gasteiger partial charge in [-0.2, -0.15) is 0 Å². The monoisotopic (exact) mass is 407 g/mol. The molecule has 150 valence electrons. The van der Waals surface area contributed by atoms with Gasteiger partial charge in [-0.25, -0.2) is 4.98 Å². The number of amides is 1. The van der Waals surface area contributed by atoms with E-state index in [1.54, 1.807) is 0 Å². The molecule has 0 bridgehead atoms. The maximum absolute atomic E-state index is 12.2. The van der Waals surface area contributed by atoms with Crippen molar-refractivity contribution in [3.63, 3.8) is 0 Å². The van der Waals surface area contributed by atoms with Crippen LogP contribution in [0.1, 0.15) is 27.9 Å². The third-order valence-electron chi connectivity index (χ3n) is 4.56. The number of aryl methyl sites for hydroxylation is 2. The number of rotatable bonds is 8. The van der Waals surface area contributed by atoms with Gasteiger partial charge in [0.25, 0.3) is 5.56 Å². The minimum absolute atomic E-state index is 0.0930. The number of benzene rings is 2. The first-order valence-corrected chi connectivity index (χ1v) is 10.6. The van der Waals surface area contributed by atoms with Gasteiger partial charge in [-0.1, -0.05) is 65.9 Å². The summed E-state index contributed by atoms with van der Waals surface area (Å²) in [6, 6.07) is 17.7. The van der Waals surface area contributed by atoms with Crippen molar-refractivity contribution in [2.75, 3.05) is 6.54 Å². The minimum atomic E-state index is -0.240.